The van der Waals surface area contributed by atoms with Crippen molar-refractivity contribution in [2.24, 2.45) is 0 Å². The minimum atomic E-state index is -1.43. The Morgan fingerprint density at radius 2 is 0.365 bits per heavy atom. The molecule has 5 nitrogen and oxygen atoms in total. The predicted octanol–water partition coefficient (Wildman–Crippen LogP) is 9.62. The molecule has 0 fully saturated rings. The third-order valence-corrected chi connectivity index (χ3v) is 4.87. The summed E-state index contributed by atoms with van der Waals surface area (Å²) in [5.41, 5.74) is 0. The SMILES string of the molecule is Br.Oc1cc(F)cc(F)c1F.Oc1cc(F)cc(F)c1F.Oc1cc(F)cc(F)c1F.Oc1cc(F)cc(F)c1F.Oc1cc(F)cc(F)c1F.[W]. The summed E-state index contributed by atoms with van der Waals surface area (Å²) in [4.78, 5) is 0. The summed E-state index contributed by atoms with van der Waals surface area (Å²) >= 11 is 0. The maximum atomic E-state index is 12.1. The van der Waals surface area contributed by atoms with E-state index in [9.17, 15) is 65.9 Å². The van der Waals surface area contributed by atoms with Gasteiger partial charge in [0.15, 0.2) is 57.8 Å². The van der Waals surface area contributed by atoms with Crippen LogP contribution in [0.4, 0.5) is 65.9 Å². The van der Waals surface area contributed by atoms with Crippen LogP contribution in [-0.4, -0.2) is 25.5 Å². The molecular weight excluding hydrogens is 989 g/mol. The predicted molar refractivity (Wildman–Crippen MR) is 150 cm³/mol. The van der Waals surface area contributed by atoms with Crippen LogP contribution in [0.3, 0.4) is 0 Å². The number of rotatable bonds is 0. The number of aromatic hydroxyl groups is 5. The van der Waals surface area contributed by atoms with Gasteiger partial charge in [-0.3, -0.25) is 0 Å². The largest absolute Gasteiger partial charge is 0.505 e. The zero-order valence-electron chi connectivity index (χ0n) is 24.5. The molecule has 5 aromatic rings. The van der Waals surface area contributed by atoms with Gasteiger partial charge in [-0.15, -0.1) is 17.0 Å². The molecule has 5 N–H and O–H groups in total. The second-order valence-corrected chi connectivity index (χ2v) is 8.60. The summed E-state index contributed by atoms with van der Waals surface area (Å²) in [7, 11) is 0. The van der Waals surface area contributed by atoms with Gasteiger partial charge in [0, 0.05) is 81.7 Å². The Morgan fingerprint density at radius 1 is 0.250 bits per heavy atom. The number of benzene rings is 5. The smallest absolute Gasteiger partial charge is 0.200 e. The fourth-order valence-corrected chi connectivity index (χ4v) is 2.71. The van der Waals surface area contributed by atoms with Crippen LogP contribution in [0.25, 0.3) is 0 Å². The second-order valence-electron chi connectivity index (χ2n) is 8.60. The Labute approximate surface area is 305 Å². The van der Waals surface area contributed by atoms with E-state index in [1.54, 1.807) is 0 Å². The van der Waals surface area contributed by atoms with Crippen LogP contribution >= 0.6 is 17.0 Å². The molecule has 22 heteroatoms. The molecule has 0 aromatic heterocycles. The molecule has 0 amide bonds. The molecule has 52 heavy (non-hydrogen) atoms. The second kappa shape index (κ2) is 22.2. The van der Waals surface area contributed by atoms with E-state index in [-0.39, 0.29) is 38.0 Å². The normalized spacial score (nSPS) is 9.52. The average Bonchev–Trinajstić information content (AvgIpc) is 3.00. The first-order valence-corrected chi connectivity index (χ1v) is 12.2. The van der Waals surface area contributed by atoms with Crippen LogP contribution in [-0.2, 0) is 21.1 Å². The van der Waals surface area contributed by atoms with Crippen molar-refractivity contribution in [1.82, 2.24) is 0 Å². The maximum Gasteiger partial charge on any atom is 0.200 e. The summed E-state index contributed by atoms with van der Waals surface area (Å²) in [6, 6.07) is 4.27. The first kappa shape index (κ1) is 49.3. The molecule has 5 aromatic carbocycles. The molecule has 0 spiro atoms. The summed E-state index contributed by atoms with van der Waals surface area (Å²) in [5, 5.41) is 42.1. The van der Waals surface area contributed by atoms with Gasteiger partial charge in [0.05, 0.1) is 0 Å². The van der Waals surface area contributed by atoms with E-state index in [2.05, 4.69) is 0 Å². The van der Waals surface area contributed by atoms with Crippen LogP contribution < -0.4 is 0 Å². The maximum absolute atomic E-state index is 12.1. The monoisotopic (exact) mass is 1000 g/mol. The van der Waals surface area contributed by atoms with Crippen molar-refractivity contribution in [2.45, 2.75) is 0 Å². The first-order valence-electron chi connectivity index (χ1n) is 12.2. The Bertz CT molecular complexity index is 1520. The van der Waals surface area contributed by atoms with E-state index >= 15 is 0 Å². The van der Waals surface area contributed by atoms with Crippen molar-refractivity contribution in [3.05, 3.63) is 148 Å². The van der Waals surface area contributed by atoms with Crippen molar-refractivity contribution >= 4 is 17.0 Å². The van der Waals surface area contributed by atoms with Crippen molar-refractivity contribution < 1.29 is 112 Å². The van der Waals surface area contributed by atoms with Gasteiger partial charge in [-0.25, -0.2) is 43.9 Å². The molecular formula is C30H16BrF15O5W. The van der Waals surface area contributed by atoms with E-state index in [0.29, 0.717) is 60.7 Å². The summed E-state index contributed by atoms with van der Waals surface area (Å²) in [6.07, 6.45) is 0. The molecule has 5 rings (SSSR count). The van der Waals surface area contributed by atoms with Gasteiger partial charge in [0.2, 0.25) is 29.1 Å². The van der Waals surface area contributed by atoms with Gasteiger partial charge < -0.3 is 25.5 Å². The van der Waals surface area contributed by atoms with E-state index in [1.807, 2.05) is 0 Å². The third-order valence-electron chi connectivity index (χ3n) is 4.87. The minimum Gasteiger partial charge on any atom is -0.505 e. The van der Waals surface area contributed by atoms with Crippen molar-refractivity contribution in [1.29, 1.82) is 0 Å². The van der Waals surface area contributed by atoms with Gasteiger partial charge in [0.1, 0.15) is 29.1 Å². The van der Waals surface area contributed by atoms with Crippen molar-refractivity contribution in [2.75, 3.05) is 0 Å². The molecule has 0 atom stereocenters. The number of phenols is 5. The standard InChI is InChI=1S/5C6H3F3O.BrH.W/c5*7-3-1-4(8)6(9)5(10)2-3;;/h5*1-2,10H;1H;. The topological polar surface area (TPSA) is 101 Å². The molecule has 0 aliphatic rings. The van der Waals surface area contributed by atoms with Gasteiger partial charge >= 0.3 is 0 Å². The zero-order valence-corrected chi connectivity index (χ0v) is 29.1. The van der Waals surface area contributed by atoms with Gasteiger partial charge in [-0.2, -0.15) is 22.0 Å². The molecule has 0 heterocycles. The molecule has 0 saturated heterocycles. The quantitative estimate of drug-likeness (QED) is 0.0787. The molecule has 0 radical (unpaired) electrons. The summed E-state index contributed by atoms with van der Waals surface area (Å²) < 4.78 is 181. The number of hydrogen-bond donors (Lipinski definition) is 5. The van der Waals surface area contributed by atoms with E-state index in [0.717, 1.165) is 0 Å². The van der Waals surface area contributed by atoms with E-state index in [1.165, 1.54) is 0 Å². The number of hydrogen-bond acceptors (Lipinski definition) is 5. The Balaban J connectivity index is 0. The fraction of sp³-hybridized carbons (Fsp3) is 0. The minimum absolute atomic E-state index is 0. The van der Waals surface area contributed by atoms with Crippen LogP contribution in [0.15, 0.2) is 60.7 Å². The zero-order chi connectivity index (χ0) is 38.6. The number of halogens is 16. The molecule has 0 aliphatic carbocycles. The van der Waals surface area contributed by atoms with Gasteiger partial charge in [-0.05, 0) is 0 Å². The molecule has 0 aliphatic heterocycles. The molecule has 284 valence electrons. The van der Waals surface area contributed by atoms with Crippen LogP contribution in [0.5, 0.6) is 28.7 Å². The van der Waals surface area contributed by atoms with Crippen LogP contribution in [0.1, 0.15) is 0 Å². The first-order chi connectivity index (χ1) is 23.0. The van der Waals surface area contributed by atoms with Crippen LogP contribution in [0, 0.1) is 87.3 Å². The summed E-state index contributed by atoms with van der Waals surface area (Å²) in [5.74, 6) is -24.2. The van der Waals surface area contributed by atoms with Crippen LogP contribution in [0.2, 0.25) is 0 Å². The molecule has 0 bridgehead atoms. The van der Waals surface area contributed by atoms with Crippen molar-refractivity contribution in [3.8, 4) is 28.7 Å². The third kappa shape index (κ3) is 15.6. The molecule has 0 unspecified atom stereocenters. The van der Waals surface area contributed by atoms with E-state index in [4.69, 9.17) is 25.5 Å². The van der Waals surface area contributed by atoms with E-state index < -0.39 is 116 Å². The molecule has 0 saturated carbocycles. The van der Waals surface area contributed by atoms with Gasteiger partial charge in [-0.1, -0.05) is 0 Å². The average molecular weight is 1010 g/mol. The Morgan fingerprint density at radius 3 is 0.462 bits per heavy atom. The Kier molecular flexibility index (Phi) is 21.1. The van der Waals surface area contributed by atoms with Gasteiger partial charge in [0.25, 0.3) is 0 Å². The number of phenolic OH excluding ortho intramolecular Hbond substituents is 5. The summed E-state index contributed by atoms with van der Waals surface area (Å²) in [6.45, 7) is 0. The Hall–Kier alpha value is -4.78. The fourth-order valence-electron chi connectivity index (χ4n) is 2.71. The van der Waals surface area contributed by atoms with Crippen molar-refractivity contribution in [3.63, 3.8) is 0 Å².